The molecular formula is C13H21N5. The van der Waals surface area contributed by atoms with Gasteiger partial charge in [-0.3, -0.25) is 4.68 Å². The normalized spacial score (nSPS) is 24.8. The van der Waals surface area contributed by atoms with Crippen molar-refractivity contribution in [1.29, 1.82) is 5.26 Å². The first-order valence-corrected chi connectivity index (χ1v) is 6.53. The van der Waals surface area contributed by atoms with Crippen LogP contribution < -0.4 is 5.43 Å². The van der Waals surface area contributed by atoms with Gasteiger partial charge in [0.2, 0.25) is 0 Å². The van der Waals surface area contributed by atoms with Gasteiger partial charge in [-0.2, -0.15) is 10.4 Å². The van der Waals surface area contributed by atoms with Gasteiger partial charge in [0.05, 0.1) is 5.69 Å². The Bertz CT molecular complexity index is 460. The summed E-state index contributed by atoms with van der Waals surface area (Å²) in [5.74, 6) is 0.801. The van der Waals surface area contributed by atoms with Crippen LogP contribution in [0, 0.1) is 18.3 Å². The zero-order valence-electron chi connectivity index (χ0n) is 11.6. The molecule has 0 aliphatic carbocycles. The summed E-state index contributed by atoms with van der Waals surface area (Å²) in [4.78, 5) is 0. The Morgan fingerprint density at radius 1 is 1.33 bits per heavy atom. The first-order chi connectivity index (χ1) is 8.54. The number of aryl methyl sites for hydroxylation is 2. The summed E-state index contributed by atoms with van der Waals surface area (Å²) in [6.45, 7) is 6.31. The van der Waals surface area contributed by atoms with Gasteiger partial charge in [-0.1, -0.05) is 6.42 Å². The Labute approximate surface area is 108 Å². The molecule has 5 heteroatoms. The number of nitrogens with zero attached hydrogens (tertiary/aromatic N) is 4. The van der Waals surface area contributed by atoms with Crippen LogP contribution in [-0.4, -0.2) is 26.9 Å². The van der Waals surface area contributed by atoms with E-state index in [2.05, 4.69) is 35.5 Å². The van der Waals surface area contributed by atoms with Crippen molar-refractivity contribution in [2.75, 3.05) is 5.43 Å². The molecule has 1 N–H and O–H groups in total. The summed E-state index contributed by atoms with van der Waals surface area (Å²) < 4.78 is 1.75. The zero-order valence-corrected chi connectivity index (χ0v) is 11.6. The smallest absolute Gasteiger partial charge is 0.156 e. The molecule has 2 rings (SSSR count). The second-order valence-electron chi connectivity index (χ2n) is 5.19. The van der Waals surface area contributed by atoms with E-state index >= 15 is 0 Å². The SMILES string of the molecule is Cc1nn(C)c(NN2C(C)CCCC2C)c1C#N. The zero-order chi connectivity index (χ0) is 13.3. The molecule has 2 atom stereocenters. The standard InChI is InChI=1S/C13H21N5/c1-9-6-5-7-10(2)18(9)16-13-12(8-14)11(3)15-17(13)4/h9-10,16H,5-7H2,1-4H3. The first-order valence-electron chi connectivity index (χ1n) is 6.53. The van der Waals surface area contributed by atoms with Gasteiger partial charge in [0.15, 0.2) is 5.82 Å². The van der Waals surface area contributed by atoms with Crippen molar-refractivity contribution in [2.24, 2.45) is 7.05 Å². The van der Waals surface area contributed by atoms with Crippen LogP contribution in [0.15, 0.2) is 0 Å². The van der Waals surface area contributed by atoms with Gasteiger partial charge in [-0.05, 0) is 33.6 Å². The Morgan fingerprint density at radius 3 is 2.50 bits per heavy atom. The van der Waals surface area contributed by atoms with Crippen LogP contribution in [0.2, 0.25) is 0 Å². The van der Waals surface area contributed by atoms with Gasteiger partial charge >= 0.3 is 0 Å². The minimum Gasteiger partial charge on any atom is -0.302 e. The Balaban J connectivity index is 2.26. The molecule has 98 valence electrons. The van der Waals surface area contributed by atoms with Gasteiger partial charge in [0, 0.05) is 19.1 Å². The highest BCUT2D eigenvalue weighted by molar-refractivity contribution is 5.54. The average molecular weight is 247 g/mol. The highest BCUT2D eigenvalue weighted by Crippen LogP contribution is 2.25. The number of anilines is 1. The van der Waals surface area contributed by atoms with Gasteiger partial charge in [-0.25, -0.2) is 5.01 Å². The molecule has 0 radical (unpaired) electrons. The summed E-state index contributed by atoms with van der Waals surface area (Å²) >= 11 is 0. The molecule has 1 saturated heterocycles. The van der Waals surface area contributed by atoms with Crippen LogP contribution in [0.25, 0.3) is 0 Å². The summed E-state index contributed by atoms with van der Waals surface area (Å²) in [5, 5.41) is 15.8. The lowest BCUT2D eigenvalue weighted by molar-refractivity contribution is 0.134. The van der Waals surface area contributed by atoms with E-state index in [1.54, 1.807) is 4.68 Å². The van der Waals surface area contributed by atoms with E-state index in [1.807, 2.05) is 14.0 Å². The van der Waals surface area contributed by atoms with E-state index in [0.29, 0.717) is 17.6 Å². The molecular weight excluding hydrogens is 226 g/mol. The predicted molar refractivity (Wildman–Crippen MR) is 70.9 cm³/mol. The van der Waals surface area contributed by atoms with Crippen molar-refractivity contribution < 1.29 is 0 Å². The molecule has 0 spiro atoms. The van der Waals surface area contributed by atoms with Gasteiger partial charge in [0.25, 0.3) is 0 Å². The molecule has 1 aromatic rings. The third-order valence-corrected chi connectivity index (χ3v) is 3.76. The molecule has 1 aliphatic rings. The molecule has 2 unspecified atom stereocenters. The average Bonchev–Trinajstić information content (AvgIpc) is 2.58. The molecule has 0 bridgehead atoms. The first kappa shape index (κ1) is 12.9. The number of nitriles is 1. The number of hydrogen-bond acceptors (Lipinski definition) is 4. The van der Waals surface area contributed by atoms with Crippen LogP contribution in [0.3, 0.4) is 0 Å². The van der Waals surface area contributed by atoms with Gasteiger partial charge < -0.3 is 5.43 Å². The van der Waals surface area contributed by atoms with E-state index in [-0.39, 0.29) is 0 Å². The van der Waals surface area contributed by atoms with Crippen molar-refractivity contribution in [3.05, 3.63) is 11.3 Å². The maximum absolute atomic E-state index is 9.21. The van der Waals surface area contributed by atoms with Crippen molar-refractivity contribution in [2.45, 2.75) is 52.1 Å². The number of nitrogens with one attached hydrogen (secondary N) is 1. The molecule has 2 heterocycles. The fraction of sp³-hybridized carbons (Fsp3) is 0.692. The van der Waals surface area contributed by atoms with E-state index in [1.165, 1.54) is 19.3 Å². The third-order valence-electron chi connectivity index (χ3n) is 3.76. The molecule has 0 aromatic carbocycles. The Kier molecular flexibility index (Phi) is 3.58. The van der Waals surface area contributed by atoms with E-state index in [9.17, 15) is 5.26 Å². The maximum Gasteiger partial charge on any atom is 0.156 e. The van der Waals surface area contributed by atoms with E-state index in [0.717, 1.165) is 11.5 Å². The highest BCUT2D eigenvalue weighted by Gasteiger charge is 2.26. The number of hydrogen-bond donors (Lipinski definition) is 1. The minimum absolute atomic E-state index is 0.482. The maximum atomic E-state index is 9.21. The summed E-state index contributed by atoms with van der Waals surface area (Å²) in [5.41, 5.74) is 4.82. The fourth-order valence-corrected chi connectivity index (χ4v) is 2.68. The van der Waals surface area contributed by atoms with Crippen LogP contribution in [0.5, 0.6) is 0 Å². The van der Waals surface area contributed by atoms with Crippen molar-refractivity contribution >= 4 is 5.82 Å². The number of piperidine rings is 1. The minimum atomic E-state index is 0.482. The molecule has 5 nitrogen and oxygen atoms in total. The molecule has 1 aliphatic heterocycles. The van der Waals surface area contributed by atoms with Crippen LogP contribution in [0.1, 0.15) is 44.4 Å². The topological polar surface area (TPSA) is 56.9 Å². The van der Waals surface area contributed by atoms with Crippen LogP contribution in [0.4, 0.5) is 5.82 Å². The summed E-state index contributed by atoms with van der Waals surface area (Å²) in [6.07, 6.45) is 3.65. The quantitative estimate of drug-likeness (QED) is 0.870. The number of hydrazine groups is 1. The van der Waals surface area contributed by atoms with E-state index in [4.69, 9.17) is 0 Å². The Hall–Kier alpha value is -1.54. The largest absolute Gasteiger partial charge is 0.302 e. The van der Waals surface area contributed by atoms with Crippen molar-refractivity contribution in [3.63, 3.8) is 0 Å². The Morgan fingerprint density at radius 2 is 1.94 bits per heavy atom. The lowest BCUT2D eigenvalue weighted by Crippen LogP contribution is -2.47. The molecule has 0 saturated carbocycles. The predicted octanol–water partition coefficient (Wildman–Crippen LogP) is 2.19. The van der Waals surface area contributed by atoms with Gasteiger partial charge in [0.1, 0.15) is 11.6 Å². The number of rotatable bonds is 2. The fourth-order valence-electron chi connectivity index (χ4n) is 2.68. The third kappa shape index (κ3) is 2.21. The monoisotopic (exact) mass is 247 g/mol. The van der Waals surface area contributed by atoms with Crippen LogP contribution in [-0.2, 0) is 7.05 Å². The molecule has 0 amide bonds. The summed E-state index contributed by atoms with van der Waals surface area (Å²) in [6, 6.07) is 3.20. The highest BCUT2D eigenvalue weighted by atomic mass is 15.6. The lowest BCUT2D eigenvalue weighted by Gasteiger charge is -2.39. The number of aromatic nitrogens is 2. The second-order valence-corrected chi connectivity index (χ2v) is 5.19. The molecule has 1 aromatic heterocycles. The molecule has 1 fully saturated rings. The second kappa shape index (κ2) is 4.99. The van der Waals surface area contributed by atoms with E-state index < -0.39 is 0 Å². The van der Waals surface area contributed by atoms with Crippen molar-refractivity contribution in [3.8, 4) is 6.07 Å². The lowest BCUT2D eigenvalue weighted by atomic mass is 10.00. The van der Waals surface area contributed by atoms with Crippen molar-refractivity contribution in [1.82, 2.24) is 14.8 Å². The van der Waals surface area contributed by atoms with Gasteiger partial charge in [-0.15, -0.1) is 0 Å². The summed E-state index contributed by atoms with van der Waals surface area (Å²) in [7, 11) is 1.87. The van der Waals surface area contributed by atoms with Crippen LogP contribution >= 0.6 is 0 Å². The molecule has 18 heavy (non-hydrogen) atoms.